The summed E-state index contributed by atoms with van der Waals surface area (Å²) in [6.07, 6.45) is 0.313. The standard InChI is InChI=1S/C17H26N5O5P/c1-10(2)26-28(24,27-11(3)4)9-25-16(23)12(5)7-22-8-19-14-13(6)20-17(18)21-15(14)22/h8,10-11H,5,7,9H2,1-4,6H3,(H2,18,20,21). The maximum Gasteiger partial charge on any atom is 0.368 e. The Kier molecular flexibility index (Phi) is 6.92. The molecular formula is C17H26N5O5P. The SMILES string of the molecule is C=C(Cn1cnc2c(C)nc(N)nc21)C(=O)OCP(=O)(OC(C)C)OC(C)C. The van der Waals surface area contributed by atoms with Crippen LogP contribution in [0, 0.1) is 6.92 Å². The lowest BCUT2D eigenvalue weighted by atomic mass is 10.3. The average molecular weight is 411 g/mol. The van der Waals surface area contributed by atoms with Gasteiger partial charge in [-0.3, -0.25) is 4.57 Å². The number of imidazole rings is 1. The third-order valence-corrected chi connectivity index (χ3v) is 5.33. The van der Waals surface area contributed by atoms with Crippen molar-refractivity contribution in [3.63, 3.8) is 0 Å². The van der Waals surface area contributed by atoms with E-state index in [1.54, 1.807) is 39.2 Å². The topological polar surface area (TPSA) is 131 Å². The molecule has 154 valence electrons. The van der Waals surface area contributed by atoms with E-state index in [9.17, 15) is 9.36 Å². The fraction of sp³-hybridized carbons (Fsp3) is 0.529. The third-order valence-electron chi connectivity index (χ3n) is 3.40. The van der Waals surface area contributed by atoms with Crippen molar-refractivity contribution < 1.29 is 23.1 Å². The number of aromatic nitrogens is 4. The minimum Gasteiger partial charge on any atom is -0.449 e. The fourth-order valence-corrected chi connectivity index (χ4v) is 4.19. The number of rotatable bonds is 9. The van der Waals surface area contributed by atoms with Crippen molar-refractivity contribution in [2.45, 2.75) is 53.4 Å². The van der Waals surface area contributed by atoms with Gasteiger partial charge >= 0.3 is 13.6 Å². The molecule has 0 saturated heterocycles. The number of hydrogen-bond donors (Lipinski definition) is 1. The molecule has 2 aromatic heterocycles. The molecule has 0 aliphatic heterocycles. The second kappa shape index (κ2) is 8.81. The molecule has 0 radical (unpaired) electrons. The maximum atomic E-state index is 12.7. The van der Waals surface area contributed by atoms with Gasteiger partial charge < -0.3 is 24.1 Å². The van der Waals surface area contributed by atoms with Crippen molar-refractivity contribution in [1.29, 1.82) is 0 Å². The number of nitrogen functional groups attached to an aromatic ring is 1. The number of nitrogens with zero attached hydrogens (tertiary/aromatic N) is 4. The molecule has 0 atom stereocenters. The van der Waals surface area contributed by atoms with Gasteiger partial charge in [0.2, 0.25) is 5.95 Å². The van der Waals surface area contributed by atoms with E-state index in [0.29, 0.717) is 16.9 Å². The van der Waals surface area contributed by atoms with Crippen LogP contribution in [0.5, 0.6) is 0 Å². The molecule has 0 bridgehead atoms. The zero-order chi connectivity index (χ0) is 21.1. The van der Waals surface area contributed by atoms with E-state index in [-0.39, 0.29) is 30.3 Å². The lowest BCUT2D eigenvalue weighted by Crippen LogP contribution is -2.17. The van der Waals surface area contributed by atoms with Crippen molar-refractivity contribution in [1.82, 2.24) is 19.5 Å². The molecule has 0 aliphatic carbocycles. The largest absolute Gasteiger partial charge is 0.449 e. The van der Waals surface area contributed by atoms with E-state index in [1.807, 2.05) is 0 Å². The van der Waals surface area contributed by atoms with Crippen LogP contribution in [-0.2, 0) is 29.7 Å². The number of carbonyl (C=O) groups excluding carboxylic acids is 1. The second-order valence-electron chi connectivity index (χ2n) is 6.80. The molecule has 0 aromatic carbocycles. The van der Waals surface area contributed by atoms with Crippen LogP contribution in [0.3, 0.4) is 0 Å². The Balaban J connectivity index is 2.07. The number of hydrogen-bond acceptors (Lipinski definition) is 9. The third kappa shape index (κ3) is 5.60. The number of aryl methyl sites for hydroxylation is 1. The zero-order valence-electron chi connectivity index (χ0n) is 16.7. The molecule has 0 unspecified atom stereocenters. The van der Waals surface area contributed by atoms with E-state index in [1.165, 1.54) is 6.33 Å². The summed E-state index contributed by atoms with van der Waals surface area (Å²) >= 11 is 0. The highest BCUT2D eigenvalue weighted by molar-refractivity contribution is 7.53. The molecule has 11 heteroatoms. The van der Waals surface area contributed by atoms with E-state index in [2.05, 4.69) is 21.5 Å². The number of esters is 1. The van der Waals surface area contributed by atoms with Gasteiger partial charge in [-0.25, -0.2) is 14.8 Å². The number of nitrogens with two attached hydrogens (primary N) is 1. The fourth-order valence-electron chi connectivity index (χ4n) is 2.46. The van der Waals surface area contributed by atoms with Crippen LogP contribution >= 0.6 is 7.60 Å². The lowest BCUT2D eigenvalue weighted by molar-refractivity contribution is -0.138. The van der Waals surface area contributed by atoms with Crippen LogP contribution in [-0.4, -0.2) is 44.0 Å². The van der Waals surface area contributed by atoms with Crippen LogP contribution in [0.1, 0.15) is 33.4 Å². The highest BCUT2D eigenvalue weighted by atomic mass is 31.2. The highest BCUT2D eigenvalue weighted by Gasteiger charge is 2.30. The molecule has 2 aromatic rings. The van der Waals surface area contributed by atoms with E-state index in [0.717, 1.165) is 0 Å². The molecule has 0 saturated carbocycles. The number of carbonyl (C=O) groups is 1. The Bertz CT molecular complexity index is 910. The Morgan fingerprint density at radius 1 is 1.25 bits per heavy atom. The molecule has 0 spiro atoms. The molecule has 0 fully saturated rings. The first kappa shape index (κ1) is 22.0. The first-order valence-electron chi connectivity index (χ1n) is 8.76. The number of ether oxygens (including phenoxy) is 1. The summed E-state index contributed by atoms with van der Waals surface area (Å²) in [6, 6.07) is 0. The van der Waals surface area contributed by atoms with Gasteiger partial charge in [-0.15, -0.1) is 0 Å². The molecule has 0 aliphatic rings. The monoisotopic (exact) mass is 411 g/mol. The Labute approximate surface area is 163 Å². The molecular weight excluding hydrogens is 385 g/mol. The van der Waals surface area contributed by atoms with Crippen LogP contribution in [0.2, 0.25) is 0 Å². The van der Waals surface area contributed by atoms with Crippen molar-refractivity contribution in [3.05, 3.63) is 24.2 Å². The predicted molar refractivity (Wildman–Crippen MR) is 105 cm³/mol. The Morgan fingerprint density at radius 2 is 1.86 bits per heavy atom. The van der Waals surface area contributed by atoms with Crippen LogP contribution < -0.4 is 5.73 Å². The highest BCUT2D eigenvalue weighted by Crippen LogP contribution is 2.50. The molecule has 2 heterocycles. The average Bonchev–Trinajstić information content (AvgIpc) is 2.94. The van der Waals surface area contributed by atoms with Crippen molar-refractivity contribution in [2.75, 3.05) is 12.1 Å². The second-order valence-corrected chi connectivity index (χ2v) is 8.70. The van der Waals surface area contributed by atoms with E-state index < -0.39 is 19.9 Å². The van der Waals surface area contributed by atoms with Gasteiger partial charge in [-0.05, 0) is 34.6 Å². The predicted octanol–water partition coefficient (Wildman–Crippen LogP) is 2.82. The van der Waals surface area contributed by atoms with Gasteiger partial charge in [0.15, 0.2) is 12.0 Å². The molecule has 2 N–H and O–H groups in total. The van der Waals surface area contributed by atoms with Gasteiger partial charge in [0.05, 0.1) is 30.8 Å². The van der Waals surface area contributed by atoms with Gasteiger partial charge in [-0.1, -0.05) is 6.58 Å². The summed E-state index contributed by atoms with van der Waals surface area (Å²) in [5.74, 6) is -0.613. The minimum atomic E-state index is -3.59. The van der Waals surface area contributed by atoms with Crippen molar-refractivity contribution in [3.8, 4) is 0 Å². The molecule has 0 amide bonds. The van der Waals surface area contributed by atoms with Crippen LogP contribution in [0.25, 0.3) is 11.2 Å². The van der Waals surface area contributed by atoms with Gasteiger partial charge in [-0.2, -0.15) is 4.98 Å². The zero-order valence-corrected chi connectivity index (χ0v) is 17.6. The molecule has 2 rings (SSSR count). The summed E-state index contributed by atoms with van der Waals surface area (Å²) in [4.78, 5) is 24.7. The van der Waals surface area contributed by atoms with Crippen molar-refractivity contribution in [2.24, 2.45) is 0 Å². The molecule has 10 nitrogen and oxygen atoms in total. The summed E-state index contributed by atoms with van der Waals surface area (Å²) < 4.78 is 30.2. The summed E-state index contributed by atoms with van der Waals surface area (Å²) in [5.41, 5.74) is 7.50. The number of anilines is 1. The number of fused-ring (bicyclic) bond motifs is 1. The van der Waals surface area contributed by atoms with E-state index in [4.69, 9.17) is 19.5 Å². The van der Waals surface area contributed by atoms with E-state index >= 15 is 0 Å². The lowest BCUT2D eigenvalue weighted by Gasteiger charge is -2.22. The smallest absolute Gasteiger partial charge is 0.368 e. The first-order chi connectivity index (χ1) is 13.0. The van der Waals surface area contributed by atoms with Gasteiger partial charge in [0.1, 0.15) is 5.52 Å². The Hall–Kier alpha value is -2.29. The normalized spacial score (nSPS) is 12.1. The maximum absolute atomic E-state index is 12.7. The quantitative estimate of drug-likeness (QED) is 0.376. The minimum absolute atomic E-state index is 0.0750. The van der Waals surface area contributed by atoms with Crippen molar-refractivity contribution >= 4 is 30.7 Å². The summed E-state index contributed by atoms with van der Waals surface area (Å²) in [5, 5.41) is 0. The van der Waals surface area contributed by atoms with Crippen LogP contribution in [0.4, 0.5) is 5.95 Å². The summed E-state index contributed by atoms with van der Waals surface area (Å²) in [7, 11) is -3.59. The van der Waals surface area contributed by atoms with Gasteiger partial charge in [0, 0.05) is 5.57 Å². The molecule has 28 heavy (non-hydrogen) atoms. The Morgan fingerprint density at radius 3 is 2.43 bits per heavy atom. The van der Waals surface area contributed by atoms with Gasteiger partial charge in [0.25, 0.3) is 0 Å². The van der Waals surface area contributed by atoms with Crippen LogP contribution in [0.15, 0.2) is 18.5 Å². The summed E-state index contributed by atoms with van der Waals surface area (Å²) in [6.45, 7) is 12.5. The first-order valence-corrected chi connectivity index (χ1v) is 10.5.